The van der Waals surface area contributed by atoms with Crippen molar-refractivity contribution >= 4 is 16.1 Å². The molecule has 1 fully saturated rings. The Balaban J connectivity index is 2.53. The van der Waals surface area contributed by atoms with Crippen LogP contribution in [0.5, 0.6) is 0 Å². The quantitative estimate of drug-likeness (QED) is 0.541. The second-order valence-corrected chi connectivity index (χ2v) is 4.89. The van der Waals surface area contributed by atoms with Gasteiger partial charge in [0.05, 0.1) is 5.25 Å². The van der Waals surface area contributed by atoms with E-state index in [-0.39, 0.29) is 25.9 Å². The van der Waals surface area contributed by atoms with Crippen molar-refractivity contribution in [1.82, 2.24) is 4.90 Å². The van der Waals surface area contributed by atoms with Crippen molar-refractivity contribution in [3.8, 4) is 0 Å². The molecule has 0 aliphatic carbocycles. The molecule has 0 spiro atoms. The number of nitrogens with two attached hydrogens (primary N) is 1. The molecule has 0 bridgehead atoms. The molecule has 13 heavy (non-hydrogen) atoms. The molecule has 0 atom stereocenters. The number of carboxylic acid groups (broad SMARTS) is 1. The van der Waals surface area contributed by atoms with E-state index in [1.165, 1.54) is 0 Å². The van der Waals surface area contributed by atoms with Crippen LogP contribution in [0.4, 0.5) is 4.79 Å². The van der Waals surface area contributed by atoms with E-state index in [0.717, 1.165) is 4.90 Å². The number of piperidine rings is 1. The maximum absolute atomic E-state index is 10.9. The van der Waals surface area contributed by atoms with Gasteiger partial charge in [0, 0.05) is 13.1 Å². The van der Waals surface area contributed by atoms with E-state index >= 15 is 0 Å². The third-order valence-electron chi connectivity index (χ3n) is 2.16. The van der Waals surface area contributed by atoms with E-state index in [2.05, 4.69) is 0 Å². The van der Waals surface area contributed by atoms with Gasteiger partial charge in [0.15, 0.2) is 0 Å². The Kier molecular flexibility index (Phi) is 2.77. The summed E-state index contributed by atoms with van der Waals surface area (Å²) in [4.78, 5) is 11.4. The number of primary sulfonamides is 1. The fourth-order valence-electron chi connectivity index (χ4n) is 1.37. The first-order chi connectivity index (χ1) is 5.91. The van der Waals surface area contributed by atoms with Crippen molar-refractivity contribution in [2.75, 3.05) is 13.1 Å². The van der Waals surface area contributed by atoms with Crippen LogP contribution in [0.25, 0.3) is 0 Å². The Morgan fingerprint density at radius 3 is 2.15 bits per heavy atom. The highest BCUT2D eigenvalue weighted by atomic mass is 32.2. The number of hydrogen-bond donors (Lipinski definition) is 1. The summed E-state index contributed by atoms with van der Waals surface area (Å²) in [5.74, 6) is 0. The fourth-order valence-corrected chi connectivity index (χ4v) is 2.23. The largest absolute Gasteiger partial charge is 0.530 e. The standard InChI is InChI=1S/C6H12N2O4S/c7-13(11,12)5-1-3-8(4-2-5)6(9)10/h5H,1-4H2,(H,9,10)(H2,7,11,12)/p-1. The number of carbonyl (C=O) groups is 1. The lowest BCUT2D eigenvalue weighted by Gasteiger charge is -2.32. The maximum Gasteiger partial charge on any atom is 0.212 e. The molecule has 6 nitrogen and oxygen atoms in total. The highest BCUT2D eigenvalue weighted by Gasteiger charge is 2.26. The second-order valence-electron chi connectivity index (χ2n) is 3.04. The molecule has 2 N–H and O–H groups in total. The first-order valence-electron chi connectivity index (χ1n) is 3.89. The highest BCUT2D eigenvalue weighted by molar-refractivity contribution is 7.89. The molecule has 0 aromatic rings. The van der Waals surface area contributed by atoms with Gasteiger partial charge in [-0.15, -0.1) is 0 Å². The van der Waals surface area contributed by atoms with Gasteiger partial charge < -0.3 is 14.8 Å². The summed E-state index contributed by atoms with van der Waals surface area (Å²) in [6.45, 7) is 0.368. The third kappa shape index (κ3) is 2.56. The lowest BCUT2D eigenvalue weighted by Crippen LogP contribution is -2.48. The fraction of sp³-hybridized carbons (Fsp3) is 0.833. The molecular weight excluding hydrogens is 196 g/mol. The average molecular weight is 207 g/mol. The van der Waals surface area contributed by atoms with Crippen molar-refractivity contribution < 1.29 is 18.3 Å². The monoisotopic (exact) mass is 207 g/mol. The van der Waals surface area contributed by atoms with Gasteiger partial charge in [-0.2, -0.15) is 0 Å². The van der Waals surface area contributed by atoms with Crippen LogP contribution in [0.15, 0.2) is 0 Å². The number of hydrogen-bond acceptors (Lipinski definition) is 4. The molecular formula is C6H11N2O4S-. The molecule has 0 saturated carbocycles. The average Bonchev–Trinajstić information content (AvgIpc) is 2.03. The van der Waals surface area contributed by atoms with Crippen LogP contribution in [0.3, 0.4) is 0 Å². The zero-order chi connectivity index (χ0) is 10.1. The van der Waals surface area contributed by atoms with Gasteiger partial charge in [-0.1, -0.05) is 0 Å². The molecule has 1 amide bonds. The van der Waals surface area contributed by atoms with Gasteiger partial charge in [0.2, 0.25) is 10.0 Å². The van der Waals surface area contributed by atoms with E-state index in [1.807, 2.05) is 0 Å². The van der Waals surface area contributed by atoms with Gasteiger partial charge in [-0.05, 0) is 12.8 Å². The topological polar surface area (TPSA) is 104 Å². The number of rotatable bonds is 1. The van der Waals surface area contributed by atoms with Crippen LogP contribution in [0, 0.1) is 0 Å². The van der Waals surface area contributed by atoms with E-state index in [4.69, 9.17) is 5.14 Å². The summed E-state index contributed by atoms with van der Waals surface area (Å²) in [6, 6.07) is 0. The van der Waals surface area contributed by atoms with Gasteiger partial charge in [-0.25, -0.2) is 13.6 Å². The SMILES string of the molecule is NS(=O)(=O)C1CCN(C(=O)[O-])CC1. The summed E-state index contributed by atoms with van der Waals surface area (Å²) in [5.41, 5.74) is 0. The Bertz CT molecular complexity index is 292. The van der Waals surface area contributed by atoms with Crippen molar-refractivity contribution in [2.24, 2.45) is 5.14 Å². The number of carbonyl (C=O) groups excluding carboxylic acids is 1. The molecule has 0 unspecified atom stereocenters. The first-order valence-corrected chi connectivity index (χ1v) is 5.50. The van der Waals surface area contributed by atoms with Crippen LogP contribution < -0.4 is 10.2 Å². The summed E-state index contributed by atoms with van der Waals surface area (Å²) in [5, 5.41) is 14.7. The molecule has 1 heterocycles. The molecule has 1 saturated heterocycles. The molecule has 0 aromatic carbocycles. The third-order valence-corrected chi connectivity index (χ3v) is 3.57. The van der Waals surface area contributed by atoms with Crippen LogP contribution in [-0.4, -0.2) is 37.8 Å². The van der Waals surface area contributed by atoms with Crippen molar-refractivity contribution in [2.45, 2.75) is 18.1 Å². The number of nitrogens with zero attached hydrogens (tertiary/aromatic N) is 1. The normalized spacial score (nSPS) is 20.2. The van der Waals surface area contributed by atoms with Gasteiger partial charge in [0.1, 0.15) is 6.09 Å². The maximum atomic E-state index is 10.9. The summed E-state index contributed by atoms with van der Waals surface area (Å²) >= 11 is 0. The second kappa shape index (κ2) is 3.51. The zero-order valence-electron chi connectivity index (χ0n) is 6.97. The molecule has 7 heteroatoms. The predicted octanol–water partition coefficient (Wildman–Crippen LogP) is -1.92. The molecule has 1 aliphatic rings. The molecule has 1 aliphatic heterocycles. The first kappa shape index (κ1) is 10.3. The minimum Gasteiger partial charge on any atom is -0.530 e. The van der Waals surface area contributed by atoms with Crippen LogP contribution >= 0.6 is 0 Å². The Morgan fingerprint density at radius 1 is 1.38 bits per heavy atom. The molecule has 0 radical (unpaired) electrons. The summed E-state index contributed by atoms with van der Waals surface area (Å²) in [6.07, 6.45) is -0.743. The molecule has 76 valence electrons. The van der Waals surface area contributed by atoms with Crippen LogP contribution in [0.2, 0.25) is 0 Å². The number of sulfonamides is 1. The van der Waals surface area contributed by atoms with E-state index < -0.39 is 21.4 Å². The minimum atomic E-state index is -3.52. The highest BCUT2D eigenvalue weighted by Crippen LogP contribution is 2.14. The lowest BCUT2D eigenvalue weighted by molar-refractivity contribution is -0.266. The van der Waals surface area contributed by atoms with E-state index in [9.17, 15) is 18.3 Å². The summed E-state index contributed by atoms with van der Waals surface area (Å²) in [7, 11) is -3.52. The van der Waals surface area contributed by atoms with Gasteiger partial charge in [0.25, 0.3) is 0 Å². The van der Waals surface area contributed by atoms with Crippen LogP contribution in [-0.2, 0) is 10.0 Å². The number of likely N-dealkylation sites (tertiary alicyclic amines) is 1. The smallest absolute Gasteiger partial charge is 0.212 e. The number of amides is 1. The molecule has 1 rings (SSSR count). The van der Waals surface area contributed by atoms with Crippen molar-refractivity contribution in [1.29, 1.82) is 0 Å². The summed E-state index contributed by atoms with van der Waals surface area (Å²) < 4.78 is 21.7. The lowest BCUT2D eigenvalue weighted by atomic mass is 10.1. The Labute approximate surface area is 76.4 Å². The Morgan fingerprint density at radius 2 is 1.85 bits per heavy atom. The van der Waals surface area contributed by atoms with Gasteiger partial charge >= 0.3 is 0 Å². The van der Waals surface area contributed by atoms with E-state index in [1.54, 1.807) is 0 Å². The zero-order valence-corrected chi connectivity index (χ0v) is 7.79. The molecule has 0 aromatic heterocycles. The minimum absolute atomic E-state index is 0.184. The van der Waals surface area contributed by atoms with Crippen LogP contribution in [0.1, 0.15) is 12.8 Å². The van der Waals surface area contributed by atoms with Crippen molar-refractivity contribution in [3.05, 3.63) is 0 Å². The van der Waals surface area contributed by atoms with Gasteiger partial charge in [-0.3, -0.25) is 0 Å². The van der Waals surface area contributed by atoms with Crippen molar-refractivity contribution in [3.63, 3.8) is 0 Å². The Hall–Kier alpha value is -0.820. The van der Waals surface area contributed by atoms with E-state index in [0.29, 0.717) is 0 Å². The predicted molar refractivity (Wildman–Crippen MR) is 43.1 cm³/mol.